The van der Waals surface area contributed by atoms with Gasteiger partial charge in [0, 0.05) is 25.0 Å². The number of aromatic nitrogens is 1. The van der Waals surface area contributed by atoms with Crippen LogP contribution >= 0.6 is 0 Å². The van der Waals surface area contributed by atoms with Gasteiger partial charge >= 0.3 is 12.0 Å². The number of nitrogens with zero attached hydrogens (tertiary/aromatic N) is 2. The Balaban J connectivity index is 1.71. The maximum Gasteiger partial charge on any atom is 0.336 e. The summed E-state index contributed by atoms with van der Waals surface area (Å²) < 4.78 is 12.2. The van der Waals surface area contributed by atoms with Crippen LogP contribution in [0.3, 0.4) is 0 Å². The van der Waals surface area contributed by atoms with Gasteiger partial charge in [-0.2, -0.15) is 0 Å². The highest BCUT2D eigenvalue weighted by molar-refractivity contribution is 5.93. The van der Waals surface area contributed by atoms with E-state index >= 15 is 0 Å². The molecule has 1 aliphatic rings. The van der Waals surface area contributed by atoms with Crippen LogP contribution in [0.4, 0.5) is 10.5 Å². The molecule has 25 heavy (non-hydrogen) atoms. The third-order valence-electron chi connectivity index (χ3n) is 4.31. The number of carbonyl (C=O) groups is 2. The Hall–Kier alpha value is -2.54. The highest BCUT2D eigenvalue weighted by Gasteiger charge is 2.30. The van der Waals surface area contributed by atoms with E-state index in [0.29, 0.717) is 13.2 Å². The van der Waals surface area contributed by atoms with Crippen molar-refractivity contribution < 1.29 is 19.1 Å². The monoisotopic (exact) mass is 345 g/mol. The van der Waals surface area contributed by atoms with Crippen LogP contribution in [0.5, 0.6) is 0 Å². The third kappa shape index (κ3) is 3.76. The van der Waals surface area contributed by atoms with Gasteiger partial charge in [-0.3, -0.25) is 0 Å². The summed E-state index contributed by atoms with van der Waals surface area (Å²) in [6.45, 7) is 4.01. The molecule has 7 heteroatoms. The van der Waals surface area contributed by atoms with Gasteiger partial charge in [0.05, 0.1) is 25.8 Å². The van der Waals surface area contributed by atoms with Gasteiger partial charge in [-0.1, -0.05) is 13.0 Å². The Labute approximate surface area is 146 Å². The van der Waals surface area contributed by atoms with Crippen LogP contribution in [0, 0.1) is 0 Å². The molecule has 0 saturated carbocycles. The van der Waals surface area contributed by atoms with Crippen LogP contribution in [0.25, 0.3) is 10.9 Å². The van der Waals surface area contributed by atoms with E-state index in [0.717, 1.165) is 29.6 Å². The summed E-state index contributed by atoms with van der Waals surface area (Å²) in [5, 5.41) is 4.05. The predicted octanol–water partition coefficient (Wildman–Crippen LogP) is 2.46. The lowest BCUT2D eigenvalue weighted by Crippen LogP contribution is -2.50. The van der Waals surface area contributed by atoms with Crippen molar-refractivity contribution >= 4 is 28.6 Å². The highest BCUT2D eigenvalue weighted by Crippen LogP contribution is 2.21. The number of benzene rings is 1. The van der Waals surface area contributed by atoms with Gasteiger partial charge in [0.1, 0.15) is 0 Å². The first-order chi connectivity index (χ1) is 12.1. The molecule has 1 fully saturated rings. The number of esters is 1. The Kier molecular flexibility index (Phi) is 5.23. The molecule has 7 nitrogen and oxygen atoms in total. The van der Waals surface area contributed by atoms with Crippen molar-refractivity contribution in [1.82, 2.24) is 9.47 Å². The van der Waals surface area contributed by atoms with E-state index in [2.05, 4.69) is 33.8 Å². The molecule has 0 unspecified atom stereocenters. The Morgan fingerprint density at radius 2 is 2.20 bits per heavy atom. The van der Waals surface area contributed by atoms with E-state index in [-0.39, 0.29) is 12.6 Å². The first-order valence-corrected chi connectivity index (χ1v) is 8.46. The largest absolute Gasteiger partial charge is 0.467 e. The van der Waals surface area contributed by atoms with E-state index in [9.17, 15) is 9.59 Å². The number of fused-ring (bicyclic) bond motifs is 1. The normalized spacial score (nSPS) is 17.5. The van der Waals surface area contributed by atoms with Gasteiger partial charge in [0.15, 0.2) is 6.10 Å². The number of methoxy groups -OCH3 is 1. The Morgan fingerprint density at radius 1 is 1.36 bits per heavy atom. The smallest absolute Gasteiger partial charge is 0.336 e. The number of morpholine rings is 1. The standard InChI is InChI=1S/C18H23N3O4/c1-3-7-20-8-6-13-4-5-14(11-15(13)20)19-18(23)21-9-10-25-16(12-21)17(22)24-2/h4-6,8,11,16H,3,7,9-10,12H2,1-2H3,(H,19,23)/t16-/m1/s1. The van der Waals surface area contributed by atoms with Crippen LogP contribution in [0.15, 0.2) is 30.5 Å². The van der Waals surface area contributed by atoms with E-state index in [4.69, 9.17) is 4.74 Å². The molecule has 0 radical (unpaired) electrons. The van der Waals surface area contributed by atoms with Crippen molar-refractivity contribution in [3.8, 4) is 0 Å². The Bertz CT molecular complexity index is 771. The second-order valence-corrected chi connectivity index (χ2v) is 6.04. The summed E-state index contributed by atoms with van der Waals surface area (Å²) in [5.74, 6) is -0.462. The maximum absolute atomic E-state index is 12.5. The topological polar surface area (TPSA) is 72.8 Å². The van der Waals surface area contributed by atoms with E-state index in [1.807, 2.05) is 18.2 Å². The van der Waals surface area contributed by atoms with Crippen LogP contribution < -0.4 is 5.32 Å². The fourth-order valence-electron chi connectivity index (χ4n) is 3.01. The van der Waals surface area contributed by atoms with Gasteiger partial charge in [-0.05, 0) is 30.0 Å². The fourth-order valence-corrected chi connectivity index (χ4v) is 3.01. The first-order valence-electron chi connectivity index (χ1n) is 8.46. The SMILES string of the molecule is CCCn1ccc2ccc(NC(=O)N3CCO[C@@H](C(=O)OC)C3)cc21. The molecule has 2 aromatic rings. The van der Waals surface area contributed by atoms with E-state index in [1.165, 1.54) is 7.11 Å². The molecule has 3 rings (SSSR count). The second kappa shape index (κ2) is 7.57. The number of rotatable bonds is 4. The quantitative estimate of drug-likeness (QED) is 0.864. The number of hydrogen-bond acceptors (Lipinski definition) is 4. The molecule has 0 bridgehead atoms. The summed E-state index contributed by atoms with van der Waals surface area (Å²) in [7, 11) is 1.31. The molecular formula is C18H23N3O4. The fraction of sp³-hybridized carbons (Fsp3) is 0.444. The average Bonchev–Trinajstić information content (AvgIpc) is 3.04. The van der Waals surface area contributed by atoms with Crippen LogP contribution in [0.1, 0.15) is 13.3 Å². The van der Waals surface area contributed by atoms with Gasteiger partial charge in [-0.25, -0.2) is 9.59 Å². The van der Waals surface area contributed by atoms with Crippen molar-refractivity contribution in [2.75, 3.05) is 32.1 Å². The van der Waals surface area contributed by atoms with E-state index < -0.39 is 12.1 Å². The zero-order chi connectivity index (χ0) is 17.8. The van der Waals surface area contributed by atoms with E-state index in [1.54, 1.807) is 4.90 Å². The lowest BCUT2D eigenvalue weighted by molar-refractivity contribution is -0.158. The minimum atomic E-state index is -0.728. The molecule has 1 aromatic heterocycles. The minimum Gasteiger partial charge on any atom is -0.467 e. The van der Waals surface area contributed by atoms with Gasteiger partial charge in [-0.15, -0.1) is 0 Å². The summed E-state index contributed by atoms with van der Waals surface area (Å²) in [6.07, 6.45) is 2.37. The number of anilines is 1. The maximum atomic E-state index is 12.5. The van der Waals surface area contributed by atoms with Crippen molar-refractivity contribution in [2.45, 2.75) is 26.0 Å². The van der Waals surface area contributed by atoms with Crippen LogP contribution in [-0.2, 0) is 20.8 Å². The number of urea groups is 1. The Morgan fingerprint density at radius 3 is 2.96 bits per heavy atom. The highest BCUT2D eigenvalue weighted by atomic mass is 16.6. The third-order valence-corrected chi connectivity index (χ3v) is 4.31. The molecule has 1 aliphatic heterocycles. The number of carbonyl (C=O) groups excluding carboxylic acids is 2. The predicted molar refractivity (Wildman–Crippen MR) is 94.6 cm³/mol. The summed E-state index contributed by atoms with van der Waals surface area (Å²) in [4.78, 5) is 25.7. The van der Waals surface area contributed by atoms with Crippen molar-refractivity contribution in [2.24, 2.45) is 0 Å². The zero-order valence-electron chi connectivity index (χ0n) is 14.5. The number of hydrogen-bond donors (Lipinski definition) is 1. The molecular weight excluding hydrogens is 322 g/mol. The van der Waals surface area contributed by atoms with Gasteiger partial charge < -0.3 is 24.3 Å². The number of ether oxygens (including phenoxy) is 2. The van der Waals surface area contributed by atoms with Crippen molar-refractivity contribution in [1.29, 1.82) is 0 Å². The van der Waals surface area contributed by atoms with Gasteiger partial charge in [0.25, 0.3) is 0 Å². The average molecular weight is 345 g/mol. The summed E-state index contributed by atoms with van der Waals surface area (Å²) in [6, 6.07) is 7.67. The number of aryl methyl sites for hydroxylation is 1. The molecule has 1 atom stereocenters. The second-order valence-electron chi connectivity index (χ2n) is 6.04. The number of nitrogens with one attached hydrogen (secondary N) is 1. The van der Waals surface area contributed by atoms with Crippen molar-refractivity contribution in [3.05, 3.63) is 30.5 Å². The van der Waals surface area contributed by atoms with Crippen molar-refractivity contribution in [3.63, 3.8) is 0 Å². The van der Waals surface area contributed by atoms with Gasteiger partial charge in [0.2, 0.25) is 0 Å². The van der Waals surface area contributed by atoms with Crippen LogP contribution in [-0.4, -0.2) is 54.4 Å². The minimum absolute atomic E-state index is 0.187. The number of amides is 2. The molecule has 2 amide bonds. The molecule has 1 N–H and O–H groups in total. The molecule has 0 spiro atoms. The summed E-state index contributed by atoms with van der Waals surface area (Å²) in [5.41, 5.74) is 1.82. The molecule has 1 saturated heterocycles. The molecule has 0 aliphatic carbocycles. The zero-order valence-corrected chi connectivity index (χ0v) is 14.5. The molecule has 134 valence electrons. The summed E-state index contributed by atoms with van der Waals surface area (Å²) >= 11 is 0. The molecule has 2 heterocycles. The lowest BCUT2D eigenvalue weighted by Gasteiger charge is -2.31. The molecule has 1 aromatic carbocycles. The first kappa shape index (κ1) is 17.3. The van der Waals surface area contributed by atoms with Crippen LogP contribution in [0.2, 0.25) is 0 Å². The lowest BCUT2D eigenvalue weighted by atomic mass is 10.2.